The predicted octanol–water partition coefficient (Wildman–Crippen LogP) is 0.945. The Morgan fingerprint density at radius 2 is 1.94 bits per heavy atom. The lowest BCUT2D eigenvalue weighted by molar-refractivity contribution is 0.0686. The van der Waals surface area contributed by atoms with Crippen LogP contribution in [-0.4, -0.2) is 22.2 Å². The lowest BCUT2D eigenvalue weighted by atomic mass is 10.1. The van der Waals surface area contributed by atoms with E-state index in [-0.39, 0.29) is 11.7 Å². The Labute approximate surface area is 102 Å². The molecule has 0 bridgehead atoms. The monoisotopic (exact) mass is 246 g/mol. The van der Waals surface area contributed by atoms with Gasteiger partial charge in [-0.05, 0) is 24.3 Å². The number of carbonyl (C=O) groups is 1. The Morgan fingerprint density at radius 1 is 1.28 bits per heavy atom. The molecule has 0 atom stereocenters. The first kappa shape index (κ1) is 11.6. The highest BCUT2D eigenvalue weighted by molar-refractivity contribution is 5.86. The summed E-state index contributed by atoms with van der Waals surface area (Å²) in [5.74, 6) is -0.804. The van der Waals surface area contributed by atoms with Gasteiger partial charge in [0.1, 0.15) is 0 Å². The normalized spacial score (nSPS) is 10.0. The van der Waals surface area contributed by atoms with Gasteiger partial charge in [0, 0.05) is 11.6 Å². The molecule has 0 fully saturated rings. The average molecular weight is 246 g/mol. The molecule has 18 heavy (non-hydrogen) atoms. The molecule has 1 heterocycles. The van der Waals surface area contributed by atoms with Gasteiger partial charge in [-0.25, -0.2) is 9.79 Å². The third-order valence-electron chi connectivity index (χ3n) is 2.14. The molecule has 0 aliphatic carbocycles. The molecule has 0 saturated carbocycles. The van der Waals surface area contributed by atoms with Crippen LogP contribution < -0.4 is 11.5 Å². The second kappa shape index (κ2) is 4.58. The van der Waals surface area contributed by atoms with Crippen LogP contribution in [0.2, 0.25) is 0 Å². The molecule has 2 aromatic rings. The fourth-order valence-corrected chi connectivity index (χ4v) is 1.36. The van der Waals surface area contributed by atoms with E-state index in [1.807, 2.05) is 0 Å². The Hall–Kier alpha value is -2.83. The number of hydrogen-bond acceptors (Lipinski definition) is 4. The van der Waals surface area contributed by atoms with Gasteiger partial charge < -0.3 is 21.1 Å². The van der Waals surface area contributed by atoms with Gasteiger partial charge in [0.2, 0.25) is 0 Å². The quantitative estimate of drug-likeness (QED) is 0.546. The van der Waals surface area contributed by atoms with E-state index < -0.39 is 5.97 Å². The Balaban J connectivity index is 2.28. The molecule has 0 unspecified atom stereocenters. The van der Waals surface area contributed by atoms with E-state index in [0.29, 0.717) is 17.0 Å². The Morgan fingerprint density at radius 3 is 2.44 bits per heavy atom. The van der Waals surface area contributed by atoms with Crippen LogP contribution in [-0.2, 0) is 0 Å². The number of rotatable bonds is 3. The first-order chi connectivity index (χ1) is 8.56. The SMILES string of the molecule is NC(N)=Nc1ccc(-c2cc(C(=O)O)no2)cc1. The number of carboxylic acids is 1. The molecular weight excluding hydrogens is 236 g/mol. The number of benzene rings is 1. The van der Waals surface area contributed by atoms with Crippen LogP contribution in [0.5, 0.6) is 0 Å². The third-order valence-corrected chi connectivity index (χ3v) is 2.14. The summed E-state index contributed by atoms with van der Waals surface area (Å²) in [5, 5.41) is 12.1. The number of carboxylic acid groups (broad SMARTS) is 1. The van der Waals surface area contributed by atoms with Crippen molar-refractivity contribution < 1.29 is 14.4 Å². The van der Waals surface area contributed by atoms with Gasteiger partial charge in [0.25, 0.3) is 0 Å². The minimum atomic E-state index is -1.14. The van der Waals surface area contributed by atoms with Crippen molar-refractivity contribution >= 4 is 17.6 Å². The van der Waals surface area contributed by atoms with Crippen LogP contribution in [0.25, 0.3) is 11.3 Å². The minimum absolute atomic E-state index is 0.0319. The van der Waals surface area contributed by atoms with Crippen LogP contribution in [0.3, 0.4) is 0 Å². The van der Waals surface area contributed by atoms with Crippen LogP contribution in [0.1, 0.15) is 10.5 Å². The topological polar surface area (TPSA) is 128 Å². The molecule has 0 spiro atoms. The number of guanidine groups is 1. The Bertz CT molecular complexity index is 597. The van der Waals surface area contributed by atoms with Gasteiger partial charge in [-0.15, -0.1) is 0 Å². The van der Waals surface area contributed by atoms with E-state index in [1.54, 1.807) is 24.3 Å². The Kier molecular flexibility index (Phi) is 2.96. The van der Waals surface area contributed by atoms with Gasteiger partial charge in [-0.2, -0.15) is 0 Å². The smallest absolute Gasteiger partial charge is 0.358 e. The van der Waals surface area contributed by atoms with Crippen molar-refractivity contribution in [1.29, 1.82) is 0 Å². The fourth-order valence-electron chi connectivity index (χ4n) is 1.36. The number of hydrogen-bond donors (Lipinski definition) is 3. The maximum absolute atomic E-state index is 10.7. The van der Waals surface area contributed by atoms with E-state index in [9.17, 15) is 4.79 Å². The molecule has 2 rings (SSSR count). The van der Waals surface area contributed by atoms with Crippen molar-refractivity contribution in [3.8, 4) is 11.3 Å². The molecule has 0 saturated heterocycles. The highest BCUT2D eigenvalue weighted by atomic mass is 16.5. The van der Waals surface area contributed by atoms with E-state index in [4.69, 9.17) is 21.1 Å². The molecule has 0 amide bonds. The van der Waals surface area contributed by atoms with Crippen LogP contribution >= 0.6 is 0 Å². The summed E-state index contributed by atoms with van der Waals surface area (Å²) in [7, 11) is 0. The number of nitrogens with two attached hydrogens (primary N) is 2. The maximum atomic E-state index is 10.7. The van der Waals surface area contributed by atoms with E-state index in [0.717, 1.165) is 0 Å². The second-order valence-electron chi connectivity index (χ2n) is 3.47. The molecule has 0 aliphatic rings. The molecule has 5 N–H and O–H groups in total. The van der Waals surface area contributed by atoms with Crippen molar-refractivity contribution in [2.75, 3.05) is 0 Å². The van der Waals surface area contributed by atoms with Crippen molar-refractivity contribution in [3.63, 3.8) is 0 Å². The summed E-state index contributed by atoms with van der Waals surface area (Å²) < 4.78 is 4.92. The molecule has 1 aromatic carbocycles. The molecule has 0 aliphatic heterocycles. The van der Waals surface area contributed by atoms with E-state index in [1.165, 1.54) is 6.07 Å². The molecule has 0 radical (unpaired) electrons. The average Bonchev–Trinajstić information content (AvgIpc) is 2.78. The molecule has 92 valence electrons. The summed E-state index contributed by atoms with van der Waals surface area (Å²) in [6.45, 7) is 0. The van der Waals surface area contributed by atoms with Gasteiger partial charge in [-0.1, -0.05) is 5.16 Å². The summed E-state index contributed by atoms with van der Waals surface area (Å²) in [4.78, 5) is 14.5. The van der Waals surface area contributed by atoms with Gasteiger partial charge in [0.15, 0.2) is 17.4 Å². The standard InChI is InChI=1S/C11H10N4O3/c12-11(13)14-7-3-1-6(2-4-7)9-5-8(10(16)17)15-18-9/h1-5H,(H,16,17)(H4,12,13,14). The second-order valence-corrected chi connectivity index (χ2v) is 3.47. The molecule has 7 nitrogen and oxygen atoms in total. The highest BCUT2D eigenvalue weighted by Gasteiger charge is 2.11. The van der Waals surface area contributed by atoms with Crippen molar-refractivity contribution in [1.82, 2.24) is 5.16 Å². The highest BCUT2D eigenvalue weighted by Crippen LogP contribution is 2.23. The zero-order valence-corrected chi connectivity index (χ0v) is 9.20. The predicted molar refractivity (Wildman–Crippen MR) is 64.4 cm³/mol. The molecule has 1 aromatic heterocycles. The lowest BCUT2D eigenvalue weighted by Crippen LogP contribution is -2.21. The maximum Gasteiger partial charge on any atom is 0.358 e. The molecule has 7 heteroatoms. The number of aromatic carboxylic acids is 1. The summed E-state index contributed by atoms with van der Waals surface area (Å²) in [6.07, 6.45) is 0. The first-order valence-corrected chi connectivity index (χ1v) is 4.96. The van der Waals surface area contributed by atoms with Crippen LogP contribution in [0.4, 0.5) is 5.69 Å². The lowest BCUT2D eigenvalue weighted by Gasteiger charge is -1.97. The summed E-state index contributed by atoms with van der Waals surface area (Å²) >= 11 is 0. The van der Waals surface area contributed by atoms with Crippen molar-refractivity contribution in [2.45, 2.75) is 0 Å². The summed E-state index contributed by atoms with van der Waals surface area (Å²) in [5.41, 5.74) is 11.6. The van der Waals surface area contributed by atoms with Crippen molar-refractivity contribution in [2.24, 2.45) is 16.5 Å². The largest absolute Gasteiger partial charge is 0.476 e. The van der Waals surface area contributed by atoms with Gasteiger partial charge >= 0.3 is 5.97 Å². The zero-order valence-electron chi connectivity index (χ0n) is 9.20. The number of aromatic nitrogens is 1. The first-order valence-electron chi connectivity index (χ1n) is 4.96. The fraction of sp³-hybridized carbons (Fsp3) is 0. The van der Waals surface area contributed by atoms with Crippen molar-refractivity contribution in [3.05, 3.63) is 36.0 Å². The zero-order chi connectivity index (χ0) is 13.1. The van der Waals surface area contributed by atoms with Gasteiger partial charge in [0.05, 0.1) is 5.69 Å². The molecular formula is C11H10N4O3. The van der Waals surface area contributed by atoms with Crippen LogP contribution in [0, 0.1) is 0 Å². The van der Waals surface area contributed by atoms with E-state index >= 15 is 0 Å². The minimum Gasteiger partial charge on any atom is -0.476 e. The number of nitrogens with zero attached hydrogens (tertiary/aromatic N) is 2. The van der Waals surface area contributed by atoms with Gasteiger partial charge in [-0.3, -0.25) is 0 Å². The van der Waals surface area contributed by atoms with E-state index in [2.05, 4.69) is 10.1 Å². The third kappa shape index (κ3) is 2.46. The summed E-state index contributed by atoms with van der Waals surface area (Å²) in [6, 6.07) is 8.11. The number of aliphatic imine (C=N–C) groups is 1. The van der Waals surface area contributed by atoms with Crippen LogP contribution in [0.15, 0.2) is 39.8 Å².